The molecular weight excluding hydrogens is 512 g/mol. The Morgan fingerprint density at radius 1 is 1.08 bits per heavy atom. The molecule has 37 heavy (non-hydrogen) atoms. The number of hydrogen-bond acceptors (Lipinski definition) is 7. The second-order valence-corrected chi connectivity index (χ2v) is 11.7. The van der Waals surface area contributed by atoms with E-state index >= 15 is 0 Å². The Balaban J connectivity index is 1.42. The van der Waals surface area contributed by atoms with Crippen molar-refractivity contribution in [1.29, 1.82) is 0 Å². The molecule has 0 aliphatic carbocycles. The van der Waals surface area contributed by atoms with Gasteiger partial charge in [0.1, 0.15) is 17.3 Å². The van der Waals surface area contributed by atoms with Crippen LogP contribution in [0.2, 0.25) is 0 Å². The monoisotopic (exact) mass is 542 g/mol. The van der Waals surface area contributed by atoms with Gasteiger partial charge >= 0.3 is 0 Å². The average molecular weight is 543 g/mol. The van der Waals surface area contributed by atoms with Gasteiger partial charge in [0.25, 0.3) is 5.91 Å². The summed E-state index contributed by atoms with van der Waals surface area (Å²) >= 11 is 1.27. The third-order valence-electron chi connectivity index (χ3n) is 5.94. The van der Waals surface area contributed by atoms with Crippen molar-refractivity contribution >= 4 is 48.9 Å². The van der Waals surface area contributed by atoms with Crippen molar-refractivity contribution in [3.05, 3.63) is 66.0 Å². The van der Waals surface area contributed by atoms with Crippen LogP contribution in [-0.2, 0) is 26.0 Å². The van der Waals surface area contributed by atoms with Crippen LogP contribution in [0.4, 0.5) is 5.69 Å². The van der Waals surface area contributed by atoms with Crippen LogP contribution in [0.25, 0.3) is 10.2 Å². The van der Waals surface area contributed by atoms with Gasteiger partial charge < -0.3 is 19.1 Å². The Kier molecular flexibility index (Phi) is 8.45. The van der Waals surface area contributed by atoms with Gasteiger partial charge in [-0.05, 0) is 37.3 Å². The molecule has 0 N–H and O–H groups in total. The number of para-hydroxylation sites is 1. The van der Waals surface area contributed by atoms with Crippen LogP contribution >= 0.6 is 11.3 Å². The first-order valence-corrected chi connectivity index (χ1v) is 14.7. The van der Waals surface area contributed by atoms with Gasteiger partial charge in [0, 0.05) is 38.4 Å². The number of amides is 2. The van der Waals surface area contributed by atoms with Crippen LogP contribution in [0.1, 0.15) is 6.92 Å². The molecule has 2 heterocycles. The highest BCUT2D eigenvalue weighted by molar-refractivity contribution is 7.92. The molecule has 2 amide bonds. The summed E-state index contributed by atoms with van der Waals surface area (Å²) in [6.07, 6.45) is 1.68. The lowest BCUT2D eigenvalue weighted by atomic mass is 10.2. The predicted molar refractivity (Wildman–Crippen MR) is 146 cm³/mol. The van der Waals surface area contributed by atoms with Gasteiger partial charge in [0.15, 0.2) is 14.6 Å². The number of allylic oxidation sites excluding steroid dienone is 1. The molecule has 0 radical (unpaired) electrons. The minimum Gasteiger partial charge on any atom is -0.494 e. The van der Waals surface area contributed by atoms with Crippen molar-refractivity contribution in [2.24, 2.45) is 4.99 Å². The van der Waals surface area contributed by atoms with Gasteiger partial charge in [-0.3, -0.25) is 9.59 Å². The van der Waals surface area contributed by atoms with Gasteiger partial charge in [-0.2, -0.15) is 4.99 Å². The quantitative estimate of drug-likeness (QED) is 0.385. The molecule has 0 saturated carbocycles. The maximum atomic E-state index is 12.7. The summed E-state index contributed by atoms with van der Waals surface area (Å²) < 4.78 is 33.6. The van der Waals surface area contributed by atoms with Gasteiger partial charge in [-0.15, -0.1) is 6.58 Å². The van der Waals surface area contributed by atoms with E-state index in [1.165, 1.54) is 11.3 Å². The number of carbonyl (C=O) groups is 2. The molecule has 1 aromatic heterocycles. The van der Waals surface area contributed by atoms with E-state index < -0.39 is 33.2 Å². The van der Waals surface area contributed by atoms with E-state index in [1.807, 2.05) is 55.5 Å². The number of fused-ring (bicyclic) bond motifs is 1. The van der Waals surface area contributed by atoms with Crippen LogP contribution in [0.15, 0.2) is 66.2 Å². The fourth-order valence-electron chi connectivity index (χ4n) is 4.21. The Labute approximate surface area is 220 Å². The van der Waals surface area contributed by atoms with Crippen molar-refractivity contribution in [3.63, 3.8) is 0 Å². The molecule has 1 aliphatic heterocycles. The van der Waals surface area contributed by atoms with E-state index in [9.17, 15) is 18.0 Å². The normalized spacial score (nSPS) is 14.7. The SMILES string of the molecule is C=CCn1c(=NC(=O)CS(=O)(=O)CC(=O)N2CCN(c3ccccc3)CC2)sc2cc(OCC)ccc21. The number of ether oxygens (including phenoxy) is 1. The zero-order valence-electron chi connectivity index (χ0n) is 20.7. The summed E-state index contributed by atoms with van der Waals surface area (Å²) in [5.41, 5.74) is 1.91. The summed E-state index contributed by atoms with van der Waals surface area (Å²) in [7, 11) is -3.98. The molecule has 0 atom stereocenters. The van der Waals surface area contributed by atoms with Crippen molar-refractivity contribution in [1.82, 2.24) is 9.47 Å². The van der Waals surface area contributed by atoms with E-state index in [1.54, 1.807) is 15.5 Å². The summed E-state index contributed by atoms with van der Waals surface area (Å²) in [6, 6.07) is 15.4. The minimum atomic E-state index is -3.98. The maximum absolute atomic E-state index is 12.7. The van der Waals surface area contributed by atoms with E-state index in [4.69, 9.17) is 4.74 Å². The van der Waals surface area contributed by atoms with Crippen molar-refractivity contribution in [2.45, 2.75) is 13.5 Å². The van der Waals surface area contributed by atoms with E-state index in [0.717, 1.165) is 15.9 Å². The second kappa shape index (κ2) is 11.7. The zero-order valence-corrected chi connectivity index (χ0v) is 22.3. The van der Waals surface area contributed by atoms with Crippen LogP contribution in [0.5, 0.6) is 5.75 Å². The summed E-state index contributed by atoms with van der Waals surface area (Å²) in [6.45, 7) is 8.66. The summed E-state index contributed by atoms with van der Waals surface area (Å²) in [5, 5.41) is 0. The van der Waals surface area contributed by atoms with Crippen molar-refractivity contribution in [2.75, 3.05) is 49.2 Å². The number of benzene rings is 2. The van der Waals surface area contributed by atoms with Crippen LogP contribution in [0.3, 0.4) is 0 Å². The number of anilines is 1. The van der Waals surface area contributed by atoms with Crippen molar-refractivity contribution < 1.29 is 22.7 Å². The molecule has 1 saturated heterocycles. The zero-order chi connectivity index (χ0) is 26.4. The Morgan fingerprint density at radius 3 is 2.49 bits per heavy atom. The molecule has 2 aromatic carbocycles. The van der Waals surface area contributed by atoms with Gasteiger partial charge in [-0.25, -0.2) is 8.42 Å². The first-order chi connectivity index (χ1) is 17.8. The number of hydrogen-bond donors (Lipinski definition) is 0. The molecule has 4 rings (SSSR count). The van der Waals surface area contributed by atoms with Gasteiger partial charge in [0.2, 0.25) is 5.91 Å². The van der Waals surface area contributed by atoms with Crippen LogP contribution < -0.4 is 14.4 Å². The average Bonchev–Trinajstić information content (AvgIpc) is 3.20. The predicted octanol–water partition coefficient (Wildman–Crippen LogP) is 2.48. The number of piperazine rings is 1. The number of thiazole rings is 1. The lowest BCUT2D eigenvalue weighted by Gasteiger charge is -2.36. The topological polar surface area (TPSA) is 101 Å². The molecule has 0 bridgehead atoms. The largest absolute Gasteiger partial charge is 0.494 e. The molecule has 1 aliphatic rings. The van der Waals surface area contributed by atoms with Gasteiger partial charge in [-0.1, -0.05) is 35.6 Å². The first-order valence-electron chi connectivity index (χ1n) is 12.0. The number of nitrogens with zero attached hydrogens (tertiary/aromatic N) is 4. The molecule has 1 fully saturated rings. The lowest BCUT2D eigenvalue weighted by molar-refractivity contribution is -0.128. The smallest absolute Gasteiger partial charge is 0.263 e. The third-order valence-corrected chi connectivity index (χ3v) is 8.35. The second-order valence-electron chi connectivity index (χ2n) is 8.59. The molecule has 0 spiro atoms. The molecule has 196 valence electrons. The van der Waals surface area contributed by atoms with E-state index in [2.05, 4.69) is 16.5 Å². The Bertz CT molecular complexity index is 1450. The highest BCUT2D eigenvalue weighted by Gasteiger charge is 2.27. The maximum Gasteiger partial charge on any atom is 0.263 e. The van der Waals surface area contributed by atoms with Crippen molar-refractivity contribution in [3.8, 4) is 5.75 Å². The van der Waals surface area contributed by atoms with Crippen LogP contribution in [-0.4, -0.2) is 74.0 Å². The highest BCUT2D eigenvalue weighted by atomic mass is 32.2. The first kappa shape index (κ1) is 26.6. The number of sulfone groups is 1. The number of aromatic nitrogens is 1. The fourth-order valence-corrected chi connectivity index (χ4v) is 6.40. The lowest BCUT2D eigenvalue weighted by Crippen LogP contribution is -2.50. The Morgan fingerprint density at radius 2 is 1.81 bits per heavy atom. The van der Waals surface area contributed by atoms with E-state index in [-0.39, 0.29) is 0 Å². The number of carbonyl (C=O) groups excluding carboxylic acids is 2. The number of rotatable bonds is 9. The Hall–Kier alpha value is -3.44. The molecule has 3 aromatic rings. The molecular formula is C26H30N4O5S2. The van der Waals surface area contributed by atoms with Crippen LogP contribution in [0, 0.1) is 0 Å². The fraction of sp³-hybridized carbons (Fsp3) is 0.346. The summed E-state index contributed by atoms with van der Waals surface area (Å²) in [4.78, 5) is 33.5. The molecule has 9 nitrogen and oxygen atoms in total. The van der Waals surface area contributed by atoms with E-state index in [0.29, 0.717) is 49.9 Å². The third kappa shape index (κ3) is 6.66. The standard InChI is InChI=1S/C26H30N4O5S2/c1-3-12-30-22-11-10-21(35-4-2)17-23(22)36-26(30)27-24(31)18-37(33,34)19-25(32)29-15-13-28(14-16-29)20-8-6-5-7-9-20/h3,5-11,17H,1,4,12-16,18-19H2,2H3. The highest BCUT2D eigenvalue weighted by Crippen LogP contribution is 2.23. The molecule has 11 heteroatoms. The summed E-state index contributed by atoms with van der Waals surface area (Å²) in [5.74, 6) is -2.14. The van der Waals surface area contributed by atoms with Gasteiger partial charge in [0.05, 0.1) is 16.8 Å². The molecule has 0 unspecified atom stereocenters. The minimum absolute atomic E-state index is 0.368.